The van der Waals surface area contributed by atoms with Gasteiger partial charge in [-0.2, -0.15) is 0 Å². The van der Waals surface area contributed by atoms with Gasteiger partial charge in [0.1, 0.15) is 11.4 Å². The molecule has 0 N–H and O–H groups in total. The van der Waals surface area contributed by atoms with E-state index in [4.69, 9.17) is 9.47 Å². The number of nitrogens with zero attached hydrogens (tertiary/aromatic N) is 3. The van der Waals surface area contributed by atoms with E-state index in [0.717, 1.165) is 12.1 Å². The molecule has 176 valence electrons. The minimum atomic E-state index is -2.93. The Kier molecular flexibility index (Phi) is 5.71. The number of hydrogen-bond donors (Lipinski definition) is 0. The minimum Gasteiger partial charge on any atom is -0.444 e. The molecule has 7 nitrogen and oxygen atoms in total. The van der Waals surface area contributed by atoms with E-state index in [-0.39, 0.29) is 19.6 Å². The maximum atomic E-state index is 13.6. The SMILES string of the molecule is CC(C)(C)OC(=O)N1CC2(C1)CN(Cc1cncc(-c3ccc(F)c(C(F)F)c3)c1)C(=O)O2. The van der Waals surface area contributed by atoms with Crippen molar-refractivity contribution < 1.29 is 32.2 Å². The van der Waals surface area contributed by atoms with Crippen LogP contribution in [0.4, 0.5) is 22.8 Å². The molecule has 1 aromatic carbocycles. The lowest BCUT2D eigenvalue weighted by atomic mass is 9.94. The number of ether oxygens (including phenoxy) is 2. The molecule has 2 aliphatic heterocycles. The molecule has 0 saturated carbocycles. The van der Waals surface area contributed by atoms with Crippen molar-refractivity contribution in [2.45, 2.75) is 44.9 Å². The van der Waals surface area contributed by atoms with Gasteiger partial charge in [0, 0.05) is 18.0 Å². The highest BCUT2D eigenvalue weighted by atomic mass is 19.3. The molecule has 0 aliphatic carbocycles. The third-order valence-corrected chi connectivity index (χ3v) is 5.38. The highest BCUT2D eigenvalue weighted by Crippen LogP contribution is 2.34. The van der Waals surface area contributed by atoms with Gasteiger partial charge in [-0.15, -0.1) is 0 Å². The third kappa shape index (κ3) is 4.89. The molecule has 1 aromatic heterocycles. The predicted octanol–water partition coefficient (Wildman–Crippen LogP) is 4.77. The smallest absolute Gasteiger partial charge is 0.410 e. The van der Waals surface area contributed by atoms with Gasteiger partial charge in [-0.25, -0.2) is 22.8 Å². The summed E-state index contributed by atoms with van der Waals surface area (Å²) in [6.07, 6.45) is -0.847. The van der Waals surface area contributed by atoms with Gasteiger partial charge >= 0.3 is 12.2 Å². The summed E-state index contributed by atoms with van der Waals surface area (Å²) in [6, 6.07) is 5.21. The van der Waals surface area contributed by atoms with E-state index in [9.17, 15) is 22.8 Å². The largest absolute Gasteiger partial charge is 0.444 e. The van der Waals surface area contributed by atoms with Crippen LogP contribution in [-0.4, -0.2) is 57.8 Å². The molecule has 0 atom stereocenters. The summed E-state index contributed by atoms with van der Waals surface area (Å²) >= 11 is 0. The number of halogens is 3. The Balaban J connectivity index is 1.42. The number of rotatable bonds is 4. The Morgan fingerprint density at radius 3 is 2.58 bits per heavy atom. The van der Waals surface area contributed by atoms with E-state index in [1.54, 1.807) is 33.0 Å². The third-order valence-electron chi connectivity index (χ3n) is 5.38. The molecule has 33 heavy (non-hydrogen) atoms. The Labute approximate surface area is 189 Å². The zero-order valence-corrected chi connectivity index (χ0v) is 18.5. The molecule has 2 saturated heterocycles. The van der Waals surface area contributed by atoms with Crippen LogP contribution in [0.5, 0.6) is 0 Å². The summed E-state index contributed by atoms with van der Waals surface area (Å²) in [6.45, 7) is 6.31. The number of carbonyl (C=O) groups excluding carboxylic acids is 2. The normalized spacial score (nSPS) is 17.4. The molecule has 2 aromatic rings. The van der Waals surface area contributed by atoms with E-state index < -0.39 is 41.2 Å². The van der Waals surface area contributed by atoms with Crippen LogP contribution < -0.4 is 0 Å². The monoisotopic (exact) mass is 463 g/mol. The molecular weight excluding hydrogens is 439 g/mol. The number of aromatic nitrogens is 1. The van der Waals surface area contributed by atoms with Gasteiger partial charge in [-0.3, -0.25) is 14.8 Å². The fourth-order valence-electron chi connectivity index (χ4n) is 3.93. The fraction of sp³-hybridized carbons (Fsp3) is 0.435. The van der Waals surface area contributed by atoms with Crippen LogP contribution in [0.3, 0.4) is 0 Å². The highest BCUT2D eigenvalue weighted by Gasteiger charge is 2.55. The van der Waals surface area contributed by atoms with Crippen LogP contribution in [-0.2, 0) is 16.0 Å². The molecule has 0 radical (unpaired) electrons. The van der Waals surface area contributed by atoms with Gasteiger partial charge in [0.2, 0.25) is 0 Å². The first kappa shape index (κ1) is 22.9. The van der Waals surface area contributed by atoms with Crippen LogP contribution >= 0.6 is 0 Å². The fourth-order valence-corrected chi connectivity index (χ4v) is 3.93. The molecule has 0 unspecified atom stereocenters. The van der Waals surface area contributed by atoms with Crippen LogP contribution in [0.15, 0.2) is 36.7 Å². The number of amides is 2. The quantitative estimate of drug-likeness (QED) is 0.654. The molecule has 0 bridgehead atoms. The average Bonchev–Trinajstić information content (AvgIpc) is 3.02. The van der Waals surface area contributed by atoms with Gasteiger partial charge < -0.3 is 9.47 Å². The van der Waals surface area contributed by atoms with Crippen LogP contribution in [0.25, 0.3) is 11.1 Å². The van der Waals surface area contributed by atoms with Crippen molar-refractivity contribution in [3.8, 4) is 11.1 Å². The Hall–Kier alpha value is -3.30. The van der Waals surface area contributed by atoms with Gasteiger partial charge in [-0.1, -0.05) is 6.07 Å². The zero-order chi connectivity index (χ0) is 24.0. The van der Waals surface area contributed by atoms with Gasteiger partial charge in [0.05, 0.1) is 31.7 Å². The highest BCUT2D eigenvalue weighted by molar-refractivity contribution is 5.74. The number of carbonyl (C=O) groups is 2. The maximum absolute atomic E-state index is 13.6. The molecule has 10 heteroatoms. The first-order chi connectivity index (χ1) is 15.4. The molecule has 2 fully saturated rings. The van der Waals surface area contributed by atoms with Crippen molar-refractivity contribution in [2.24, 2.45) is 0 Å². The predicted molar refractivity (Wildman–Crippen MR) is 112 cm³/mol. The van der Waals surface area contributed by atoms with Crippen molar-refractivity contribution in [3.63, 3.8) is 0 Å². The summed E-state index contributed by atoms with van der Waals surface area (Å²) < 4.78 is 50.6. The molecule has 4 rings (SSSR count). The van der Waals surface area contributed by atoms with Crippen molar-refractivity contribution in [3.05, 3.63) is 53.6 Å². The topological polar surface area (TPSA) is 72.0 Å². The van der Waals surface area contributed by atoms with E-state index in [1.165, 1.54) is 22.1 Å². The lowest BCUT2D eigenvalue weighted by Crippen LogP contribution is -2.65. The molecule has 2 aliphatic rings. The van der Waals surface area contributed by atoms with E-state index in [1.807, 2.05) is 0 Å². The number of likely N-dealkylation sites (tertiary alicyclic amines) is 1. The van der Waals surface area contributed by atoms with Crippen LogP contribution in [0.1, 0.15) is 38.3 Å². The second-order valence-electron chi connectivity index (χ2n) is 9.36. The van der Waals surface area contributed by atoms with E-state index in [0.29, 0.717) is 23.2 Å². The van der Waals surface area contributed by atoms with E-state index >= 15 is 0 Å². The summed E-state index contributed by atoms with van der Waals surface area (Å²) in [5.74, 6) is -0.969. The number of hydrogen-bond acceptors (Lipinski definition) is 5. The first-order valence-electron chi connectivity index (χ1n) is 10.4. The molecular formula is C23H24F3N3O4. The second kappa shape index (κ2) is 8.24. The average molecular weight is 463 g/mol. The number of pyridine rings is 1. The van der Waals surface area contributed by atoms with Crippen molar-refractivity contribution in [2.75, 3.05) is 19.6 Å². The lowest BCUT2D eigenvalue weighted by molar-refractivity contribution is -0.0788. The second-order valence-corrected chi connectivity index (χ2v) is 9.36. The molecule has 2 amide bonds. The molecule has 1 spiro atoms. The Bertz CT molecular complexity index is 1080. The van der Waals surface area contributed by atoms with Crippen LogP contribution in [0, 0.1) is 5.82 Å². The summed E-state index contributed by atoms with van der Waals surface area (Å²) in [4.78, 5) is 31.7. The first-order valence-corrected chi connectivity index (χ1v) is 10.4. The lowest BCUT2D eigenvalue weighted by Gasteiger charge is -2.45. The van der Waals surface area contributed by atoms with E-state index in [2.05, 4.69) is 4.98 Å². The van der Waals surface area contributed by atoms with Gasteiger partial charge in [-0.05, 0) is 50.1 Å². The van der Waals surface area contributed by atoms with Crippen LogP contribution in [0.2, 0.25) is 0 Å². The zero-order valence-electron chi connectivity index (χ0n) is 18.5. The Morgan fingerprint density at radius 2 is 1.91 bits per heavy atom. The maximum Gasteiger partial charge on any atom is 0.410 e. The minimum absolute atomic E-state index is 0.191. The van der Waals surface area contributed by atoms with Gasteiger partial charge in [0.15, 0.2) is 5.60 Å². The summed E-state index contributed by atoms with van der Waals surface area (Å²) in [5.41, 5.74) is -0.487. The summed E-state index contributed by atoms with van der Waals surface area (Å²) in [5, 5.41) is 0. The number of alkyl halides is 2. The summed E-state index contributed by atoms with van der Waals surface area (Å²) in [7, 11) is 0. The molecule has 3 heterocycles. The number of benzene rings is 1. The standard InChI is InChI=1S/C23H24F3N3O4/c1-22(2,3)32-21(31)29-12-23(13-29)11-28(20(30)33-23)10-14-6-16(9-27-8-14)15-4-5-18(24)17(7-15)19(25)26/h4-9,19H,10-13H2,1-3H3. The van der Waals surface area contributed by atoms with Crippen molar-refractivity contribution in [1.82, 2.24) is 14.8 Å². The Morgan fingerprint density at radius 1 is 1.18 bits per heavy atom. The van der Waals surface area contributed by atoms with Gasteiger partial charge in [0.25, 0.3) is 6.43 Å². The van der Waals surface area contributed by atoms with Crippen molar-refractivity contribution >= 4 is 12.2 Å². The van der Waals surface area contributed by atoms with Crippen molar-refractivity contribution in [1.29, 1.82) is 0 Å².